The molecule has 3 rings (SSSR count). The molecule has 1 aliphatic heterocycles. The number of aromatic nitrogens is 2. The van der Waals surface area contributed by atoms with Gasteiger partial charge in [-0.2, -0.15) is 0 Å². The molecular weight excluding hydrogens is 460 g/mol. The van der Waals surface area contributed by atoms with Crippen molar-refractivity contribution in [1.29, 1.82) is 0 Å². The van der Waals surface area contributed by atoms with Gasteiger partial charge in [0.05, 0.1) is 4.91 Å². The molecule has 1 aromatic heterocycles. The third-order valence-electron chi connectivity index (χ3n) is 4.15. The van der Waals surface area contributed by atoms with Crippen molar-refractivity contribution in [2.45, 2.75) is 33.1 Å². The van der Waals surface area contributed by atoms with Crippen LogP contribution in [-0.2, 0) is 16.0 Å². The van der Waals surface area contributed by atoms with Crippen LogP contribution in [0.3, 0.4) is 0 Å². The summed E-state index contributed by atoms with van der Waals surface area (Å²) in [6, 6.07) is 7.32. The standard InChI is InChI=1S/C20H21ClN4O2S3/c1-12(2)10-17-23-24-19(30-17)22-16(26)8-5-9-25-18(27)15(29-20(25)28)11-13-6-3-4-7-14(13)21/h3-4,6-7,11-12H,5,8-10H2,1-2H3,(H,22,24,26)/b15-11-. The van der Waals surface area contributed by atoms with Crippen LogP contribution >= 0.6 is 46.9 Å². The van der Waals surface area contributed by atoms with E-state index in [1.54, 1.807) is 12.1 Å². The second-order valence-corrected chi connectivity index (χ2v) is 10.3. The fourth-order valence-corrected chi connectivity index (χ4v) is 5.20. The van der Waals surface area contributed by atoms with Crippen LogP contribution < -0.4 is 5.32 Å². The minimum Gasteiger partial charge on any atom is -0.301 e. The quantitative estimate of drug-likeness (QED) is 0.422. The predicted molar refractivity (Wildman–Crippen MR) is 128 cm³/mol. The summed E-state index contributed by atoms with van der Waals surface area (Å²) < 4.78 is 0.487. The third kappa shape index (κ3) is 6.10. The first-order valence-corrected chi connectivity index (χ1v) is 11.9. The van der Waals surface area contributed by atoms with E-state index in [1.165, 1.54) is 28.0 Å². The fourth-order valence-electron chi connectivity index (χ4n) is 2.74. The van der Waals surface area contributed by atoms with Gasteiger partial charge in [-0.15, -0.1) is 10.2 Å². The summed E-state index contributed by atoms with van der Waals surface area (Å²) in [4.78, 5) is 26.9. The van der Waals surface area contributed by atoms with Gasteiger partial charge in [0.2, 0.25) is 11.0 Å². The lowest BCUT2D eigenvalue weighted by Crippen LogP contribution is -2.29. The van der Waals surface area contributed by atoms with Crippen LogP contribution in [0.1, 0.15) is 37.3 Å². The Labute approximate surface area is 194 Å². The highest BCUT2D eigenvalue weighted by Crippen LogP contribution is 2.33. The first-order chi connectivity index (χ1) is 14.3. The zero-order valence-electron chi connectivity index (χ0n) is 16.6. The van der Waals surface area contributed by atoms with Crippen molar-refractivity contribution in [2.24, 2.45) is 5.92 Å². The highest BCUT2D eigenvalue weighted by atomic mass is 35.5. The van der Waals surface area contributed by atoms with Crippen LogP contribution in [-0.4, -0.2) is 37.8 Å². The zero-order valence-corrected chi connectivity index (χ0v) is 19.8. The Hall–Kier alpha value is -1.81. The Kier molecular flexibility index (Phi) is 7.99. The number of amides is 2. The largest absolute Gasteiger partial charge is 0.301 e. The molecule has 30 heavy (non-hydrogen) atoms. The minimum atomic E-state index is -0.159. The predicted octanol–water partition coefficient (Wildman–Crippen LogP) is 5.01. The van der Waals surface area contributed by atoms with Gasteiger partial charge >= 0.3 is 0 Å². The molecule has 158 valence electrons. The fraction of sp³-hybridized carbons (Fsp3) is 0.350. The molecule has 0 saturated carbocycles. The summed E-state index contributed by atoms with van der Waals surface area (Å²) >= 11 is 14.1. The number of anilines is 1. The Morgan fingerprint density at radius 3 is 2.83 bits per heavy atom. The second-order valence-electron chi connectivity index (χ2n) is 7.11. The highest BCUT2D eigenvalue weighted by molar-refractivity contribution is 8.26. The van der Waals surface area contributed by atoms with E-state index in [2.05, 4.69) is 29.4 Å². The smallest absolute Gasteiger partial charge is 0.266 e. The molecule has 6 nitrogen and oxygen atoms in total. The van der Waals surface area contributed by atoms with Gasteiger partial charge in [-0.1, -0.05) is 79.0 Å². The number of thioether (sulfide) groups is 1. The average molecular weight is 481 g/mol. The topological polar surface area (TPSA) is 75.2 Å². The third-order valence-corrected chi connectivity index (χ3v) is 6.73. The molecule has 0 aliphatic carbocycles. The number of nitrogens with zero attached hydrogens (tertiary/aromatic N) is 3. The zero-order chi connectivity index (χ0) is 21.7. The Morgan fingerprint density at radius 2 is 2.10 bits per heavy atom. The molecule has 2 heterocycles. The van der Waals surface area contributed by atoms with Crippen LogP contribution in [0.4, 0.5) is 5.13 Å². The molecule has 1 N–H and O–H groups in total. The Bertz CT molecular complexity index is 990. The van der Waals surface area contributed by atoms with Crippen molar-refractivity contribution in [3.8, 4) is 0 Å². The molecule has 1 aliphatic rings. The van der Waals surface area contributed by atoms with Gasteiger partial charge in [-0.3, -0.25) is 14.5 Å². The van der Waals surface area contributed by atoms with Gasteiger partial charge in [0.25, 0.3) is 5.91 Å². The van der Waals surface area contributed by atoms with E-state index in [0.29, 0.717) is 38.3 Å². The lowest BCUT2D eigenvalue weighted by Gasteiger charge is -2.13. The lowest BCUT2D eigenvalue weighted by molar-refractivity contribution is -0.122. The summed E-state index contributed by atoms with van der Waals surface area (Å²) in [5.74, 6) is 0.171. The van der Waals surface area contributed by atoms with Gasteiger partial charge in [0.1, 0.15) is 9.33 Å². The number of hydrogen-bond acceptors (Lipinski definition) is 7. The van der Waals surface area contributed by atoms with E-state index in [-0.39, 0.29) is 18.2 Å². The summed E-state index contributed by atoms with van der Waals surface area (Å²) in [6.45, 7) is 4.60. The summed E-state index contributed by atoms with van der Waals surface area (Å²) in [5.41, 5.74) is 0.771. The normalized spacial score (nSPS) is 15.5. The number of carbonyl (C=O) groups is 2. The number of nitrogens with one attached hydrogen (secondary N) is 1. The molecule has 1 fully saturated rings. The first kappa shape index (κ1) is 22.9. The second kappa shape index (κ2) is 10.5. The number of thiocarbonyl (C=S) groups is 1. The van der Waals surface area contributed by atoms with Crippen LogP contribution in [0.15, 0.2) is 29.2 Å². The van der Waals surface area contributed by atoms with Crippen LogP contribution in [0.5, 0.6) is 0 Å². The summed E-state index contributed by atoms with van der Waals surface area (Å²) in [6.07, 6.45) is 3.34. The van der Waals surface area contributed by atoms with Crippen molar-refractivity contribution in [2.75, 3.05) is 11.9 Å². The van der Waals surface area contributed by atoms with E-state index in [0.717, 1.165) is 17.0 Å². The number of hydrogen-bond donors (Lipinski definition) is 1. The molecule has 1 saturated heterocycles. The minimum absolute atomic E-state index is 0.153. The Balaban J connectivity index is 1.50. The van der Waals surface area contributed by atoms with Gasteiger partial charge < -0.3 is 5.32 Å². The summed E-state index contributed by atoms with van der Waals surface area (Å²) in [7, 11) is 0. The average Bonchev–Trinajstić information content (AvgIpc) is 3.21. The van der Waals surface area contributed by atoms with E-state index in [4.69, 9.17) is 23.8 Å². The maximum atomic E-state index is 12.7. The van der Waals surface area contributed by atoms with E-state index in [1.807, 2.05) is 18.2 Å². The highest BCUT2D eigenvalue weighted by Gasteiger charge is 2.31. The van der Waals surface area contributed by atoms with E-state index < -0.39 is 0 Å². The van der Waals surface area contributed by atoms with Crippen molar-refractivity contribution in [3.05, 3.63) is 44.8 Å². The monoisotopic (exact) mass is 480 g/mol. The van der Waals surface area contributed by atoms with Crippen LogP contribution in [0, 0.1) is 5.92 Å². The summed E-state index contributed by atoms with van der Waals surface area (Å²) in [5, 5.41) is 12.8. The number of rotatable bonds is 8. The molecule has 2 aromatic rings. The number of benzene rings is 1. The van der Waals surface area contributed by atoms with Gasteiger partial charge in [-0.05, 0) is 30.0 Å². The Morgan fingerprint density at radius 1 is 1.33 bits per heavy atom. The van der Waals surface area contributed by atoms with Crippen molar-refractivity contribution in [1.82, 2.24) is 15.1 Å². The van der Waals surface area contributed by atoms with Crippen molar-refractivity contribution >= 4 is 74.3 Å². The molecular formula is C20H21ClN4O2S3. The first-order valence-electron chi connectivity index (χ1n) is 9.45. The number of carbonyl (C=O) groups excluding carboxylic acids is 2. The number of halogens is 1. The molecule has 1 aromatic carbocycles. The molecule has 2 amide bonds. The van der Waals surface area contributed by atoms with Crippen molar-refractivity contribution in [3.63, 3.8) is 0 Å². The lowest BCUT2D eigenvalue weighted by atomic mass is 10.1. The van der Waals surface area contributed by atoms with Gasteiger partial charge in [0.15, 0.2) is 0 Å². The maximum Gasteiger partial charge on any atom is 0.266 e. The van der Waals surface area contributed by atoms with Crippen LogP contribution in [0.2, 0.25) is 5.02 Å². The molecule has 0 atom stereocenters. The van der Waals surface area contributed by atoms with E-state index >= 15 is 0 Å². The van der Waals surface area contributed by atoms with Crippen LogP contribution in [0.25, 0.3) is 6.08 Å². The molecule has 0 spiro atoms. The van der Waals surface area contributed by atoms with Crippen molar-refractivity contribution < 1.29 is 9.59 Å². The van der Waals surface area contributed by atoms with Gasteiger partial charge in [0, 0.05) is 24.4 Å². The maximum absolute atomic E-state index is 12.7. The SMILES string of the molecule is CC(C)Cc1nnc(NC(=O)CCCN2C(=O)/C(=C/c3ccccc3Cl)SC2=S)s1. The van der Waals surface area contributed by atoms with Gasteiger partial charge in [-0.25, -0.2) is 0 Å². The molecule has 0 bridgehead atoms. The molecule has 0 unspecified atom stereocenters. The molecule has 10 heteroatoms. The van der Waals surface area contributed by atoms with E-state index in [9.17, 15) is 9.59 Å². The molecule has 0 radical (unpaired) electrons.